The van der Waals surface area contributed by atoms with Gasteiger partial charge in [-0.3, -0.25) is 4.98 Å². The summed E-state index contributed by atoms with van der Waals surface area (Å²) in [7, 11) is 0. The number of nitrogens with zero attached hydrogens (tertiary/aromatic N) is 2. The number of hydrogen-bond acceptors (Lipinski definition) is 3. The first-order chi connectivity index (χ1) is 6.27. The van der Waals surface area contributed by atoms with E-state index in [2.05, 4.69) is 9.97 Å². The number of rotatable bonds is 1. The molecule has 2 heterocycles. The van der Waals surface area contributed by atoms with Crippen LogP contribution in [0.3, 0.4) is 0 Å². The zero-order valence-electron chi connectivity index (χ0n) is 7.61. The Morgan fingerprint density at radius 1 is 1.15 bits per heavy atom. The Labute approximate surface area is 76.5 Å². The van der Waals surface area contributed by atoms with Crippen molar-refractivity contribution in [2.45, 2.75) is 13.8 Å². The molecule has 0 fully saturated rings. The molecule has 3 nitrogen and oxygen atoms in total. The molecule has 0 bridgehead atoms. The van der Waals surface area contributed by atoms with Crippen molar-refractivity contribution in [3.63, 3.8) is 0 Å². The van der Waals surface area contributed by atoms with Gasteiger partial charge >= 0.3 is 0 Å². The van der Waals surface area contributed by atoms with Crippen LogP contribution in [0.4, 0.5) is 0 Å². The molecule has 0 aliphatic heterocycles. The lowest BCUT2D eigenvalue weighted by molar-refractivity contribution is 0.577. The van der Waals surface area contributed by atoms with Gasteiger partial charge in [-0.2, -0.15) is 0 Å². The Hall–Kier alpha value is -1.64. The third-order valence-corrected chi connectivity index (χ3v) is 1.85. The molecular weight excluding hydrogens is 164 g/mol. The van der Waals surface area contributed by atoms with Crippen LogP contribution in [0.2, 0.25) is 0 Å². The summed E-state index contributed by atoms with van der Waals surface area (Å²) in [5.41, 5.74) is 2.80. The first-order valence-corrected chi connectivity index (χ1v) is 4.10. The predicted octanol–water partition coefficient (Wildman–Crippen LogP) is 2.35. The van der Waals surface area contributed by atoms with Crippen LogP contribution < -0.4 is 0 Å². The standard InChI is InChI=1S/C10H10N2O/c1-7-5-9(13-6-7)10-8(2)11-3-4-12-10/h3-6H,1-2H3. The Balaban J connectivity index is 2.52. The van der Waals surface area contributed by atoms with Crippen molar-refractivity contribution < 1.29 is 4.42 Å². The van der Waals surface area contributed by atoms with Crippen LogP contribution in [0, 0.1) is 13.8 Å². The number of furan rings is 1. The number of aromatic nitrogens is 2. The van der Waals surface area contributed by atoms with Crippen LogP contribution >= 0.6 is 0 Å². The normalized spacial score (nSPS) is 10.3. The Morgan fingerprint density at radius 2 is 1.92 bits per heavy atom. The van der Waals surface area contributed by atoms with Gasteiger partial charge in [0.05, 0.1) is 12.0 Å². The average molecular weight is 174 g/mol. The second-order valence-corrected chi connectivity index (χ2v) is 2.98. The van der Waals surface area contributed by atoms with E-state index in [0.29, 0.717) is 0 Å². The average Bonchev–Trinajstić information content (AvgIpc) is 2.53. The molecule has 0 radical (unpaired) electrons. The van der Waals surface area contributed by atoms with Crippen LogP contribution in [-0.2, 0) is 0 Å². The zero-order chi connectivity index (χ0) is 9.26. The van der Waals surface area contributed by atoms with Crippen molar-refractivity contribution in [3.8, 4) is 11.5 Å². The van der Waals surface area contributed by atoms with Gasteiger partial charge in [-0.1, -0.05) is 0 Å². The van der Waals surface area contributed by atoms with E-state index in [1.807, 2.05) is 19.9 Å². The van der Waals surface area contributed by atoms with Crippen LogP contribution in [0.15, 0.2) is 29.1 Å². The quantitative estimate of drug-likeness (QED) is 0.666. The minimum atomic E-state index is 0.781. The molecule has 0 atom stereocenters. The van der Waals surface area contributed by atoms with Gasteiger partial charge in [0.2, 0.25) is 0 Å². The molecule has 0 aliphatic rings. The molecule has 2 aromatic rings. The molecule has 0 saturated heterocycles. The smallest absolute Gasteiger partial charge is 0.154 e. The van der Waals surface area contributed by atoms with Gasteiger partial charge in [-0.25, -0.2) is 4.98 Å². The van der Waals surface area contributed by atoms with Crippen LogP contribution in [0.1, 0.15) is 11.3 Å². The first-order valence-electron chi connectivity index (χ1n) is 4.10. The molecule has 0 N–H and O–H groups in total. The summed E-state index contributed by atoms with van der Waals surface area (Å²) in [5, 5.41) is 0. The molecule has 0 spiro atoms. The van der Waals surface area contributed by atoms with Gasteiger partial charge in [0, 0.05) is 12.4 Å². The summed E-state index contributed by atoms with van der Waals surface area (Å²) in [5.74, 6) is 0.781. The highest BCUT2D eigenvalue weighted by Crippen LogP contribution is 2.20. The maximum absolute atomic E-state index is 5.33. The van der Waals surface area contributed by atoms with Gasteiger partial charge in [0.15, 0.2) is 5.76 Å². The van der Waals surface area contributed by atoms with Crippen molar-refractivity contribution in [2.24, 2.45) is 0 Å². The molecule has 66 valence electrons. The zero-order valence-corrected chi connectivity index (χ0v) is 7.61. The van der Waals surface area contributed by atoms with Crippen molar-refractivity contribution in [2.75, 3.05) is 0 Å². The topological polar surface area (TPSA) is 38.9 Å². The largest absolute Gasteiger partial charge is 0.462 e. The Morgan fingerprint density at radius 3 is 2.54 bits per heavy atom. The second kappa shape index (κ2) is 3.01. The Bertz CT molecular complexity index is 420. The molecule has 0 saturated carbocycles. The van der Waals surface area contributed by atoms with Gasteiger partial charge in [-0.05, 0) is 25.5 Å². The maximum Gasteiger partial charge on any atom is 0.154 e. The fourth-order valence-corrected chi connectivity index (χ4v) is 1.20. The van der Waals surface area contributed by atoms with Crippen LogP contribution in [0.5, 0.6) is 0 Å². The Kier molecular flexibility index (Phi) is 1.85. The molecule has 2 rings (SSSR count). The van der Waals surface area contributed by atoms with Gasteiger partial charge in [-0.15, -0.1) is 0 Å². The minimum absolute atomic E-state index is 0.781. The van der Waals surface area contributed by atoms with E-state index < -0.39 is 0 Å². The third kappa shape index (κ3) is 1.45. The monoisotopic (exact) mass is 174 g/mol. The lowest BCUT2D eigenvalue weighted by Gasteiger charge is -1.97. The van der Waals surface area contributed by atoms with E-state index in [1.54, 1.807) is 18.7 Å². The maximum atomic E-state index is 5.33. The summed E-state index contributed by atoms with van der Waals surface area (Å²) in [4.78, 5) is 8.35. The molecule has 0 aromatic carbocycles. The predicted molar refractivity (Wildman–Crippen MR) is 49.2 cm³/mol. The summed E-state index contributed by atoms with van der Waals surface area (Å²) >= 11 is 0. The number of aryl methyl sites for hydroxylation is 2. The fraction of sp³-hybridized carbons (Fsp3) is 0.200. The molecule has 13 heavy (non-hydrogen) atoms. The van der Waals surface area contributed by atoms with Gasteiger partial charge in [0.1, 0.15) is 5.69 Å². The van der Waals surface area contributed by atoms with Crippen molar-refractivity contribution >= 4 is 0 Å². The van der Waals surface area contributed by atoms with Crippen molar-refractivity contribution in [1.82, 2.24) is 9.97 Å². The second-order valence-electron chi connectivity index (χ2n) is 2.98. The third-order valence-electron chi connectivity index (χ3n) is 1.85. The van der Waals surface area contributed by atoms with Gasteiger partial charge < -0.3 is 4.42 Å². The highest BCUT2D eigenvalue weighted by atomic mass is 16.3. The summed E-state index contributed by atoms with van der Waals surface area (Å²) in [6.07, 6.45) is 5.05. The SMILES string of the molecule is Cc1coc(-c2nccnc2C)c1. The number of hydrogen-bond donors (Lipinski definition) is 0. The van der Waals surface area contributed by atoms with E-state index in [9.17, 15) is 0 Å². The first kappa shape index (κ1) is 7.98. The lowest BCUT2D eigenvalue weighted by atomic mass is 10.2. The molecular formula is C10H10N2O. The van der Waals surface area contributed by atoms with Gasteiger partial charge in [0.25, 0.3) is 0 Å². The van der Waals surface area contributed by atoms with Crippen LogP contribution in [-0.4, -0.2) is 9.97 Å². The highest BCUT2D eigenvalue weighted by molar-refractivity contribution is 5.55. The van der Waals surface area contributed by atoms with E-state index in [-0.39, 0.29) is 0 Å². The lowest BCUT2D eigenvalue weighted by Crippen LogP contribution is -1.88. The molecule has 3 heteroatoms. The molecule has 0 amide bonds. The van der Waals surface area contributed by atoms with E-state index in [4.69, 9.17) is 4.42 Å². The van der Waals surface area contributed by atoms with E-state index >= 15 is 0 Å². The highest BCUT2D eigenvalue weighted by Gasteiger charge is 2.06. The van der Waals surface area contributed by atoms with Crippen molar-refractivity contribution in [1.29, 1.82) is 0 Å². The summed E-state index contributed by atoms with van der Waals surface area (Å²) in [6.45, 7) is 3.90. The molecule has 0 aliphatic carbocycles. The van der Waals surface area contributed by atoms with Crippen LogP contribution in [0.25, 0.3) is 11.5 Å². The summed E-state index contributed by atoms with van der Waals surface area (Å²) < 4.78 is 5.33. The minimum Gasteiger partial charge on any atom is -0.462 e. The summed E-state index contributed by atoms with van der Waals surface area (Å²) in [6, 6.07) is 1.96. The van der Waals surface area contributed by atoms with E-state index in [0.717, 1.165) is 22.7 Å². The van der Waals surface area contributed by atoms with Crippen molar-refractivity contribution in [3.05, 3.63) is 36.0 Å². The van der Waals surface area contributed by atoms with E-state index in [1.165, 1.54) is 0 Å². The fourth-order valence-electron chi connectivity index (χ4n) is 1.20. The molecule has 2 aromatic heterocycles. The molecule has 0 unspecified atom stereocenters.